The SMILES string of the molecule is COCCCC(=O)N[C@@H](C(=O)O)C(C)(C)C. The van der Waals surface area contributed by atoms with Gasteiger partial charge in [0.1, 0.15) is 6.04 Å². The average Bonchev–Trinajstić information content (AvgIpc) is 2.12. The number of amides is 1. The minimum absolute atomic E-state index is 0.251. The molecule has 94 valence electrons. The molecule has 0 aliphatic heterocycles. The highest BCUT2D eigenvalue weighted by Gasteiger charge is 2.32. The van der Waals surface area contributed by atoms with Gasteiger partial charge in [-0.15, -0.1) is 0 Å². The Bertz CT molecular complexity index is 245. The van der Waals surface area contributed by atoms with Gasteiger partial charge in [-0.2, -0.15) is 0 Å². The second-order valence-electron chi connectivity index (χ2n) is 4.80. The molecule has 0 bridgehead atoms. The second-order valence-corrected chi connectivity index (χ2v) is 4.80. The minimum Gasteiger partial charge on any atom is -0.480 e. The van der Waals surface area contributed by atoms with Crippen LogP contribution in [0.1, 0.15) is 33.6 Å². The van der Waals surface area contributed by atoms with Crippen molar-refractivity contribution in [1.29, 1.82) is 0 Å². The molecule has 0 fully saturated rings. The summed E-state index contributed by atoms with van der Waals surface area (Å²) in [6.45, 7) is 5.84. The van der Waals surface area contributed by atoms with Crippen LogP contribution in [0.15, 0.2) is 0 Å². The number of rotatable bonds is 6. The first-order valence-corrected chi connectivity index (χ1v) is 5.30. The Labute approximate surface area is 96.2 Å². The molecule has 0 radical (unpaired) electrons. The molecule has 0 saturated heterocycles. The number of methoxy groups -OCH3 is 1. The number of carbonyl (C=O) groups excluding carboxylic acids is 1. The Kier molecular flexibility index (Phi) is 6.03. The van der Waals surface area contributed by atoms with Crippen molar-refractivity contribution in [2.24, 2.45) is 5.41 Å². The van der Waals surface area contributed by atoms with Gasteiger partial charge in [0, 0.05) is 20.1 Å². The van der Waals surface area contributed by atoms with Gasteiger partial charge in [-0.3, -0.25) is 4.79 Å². The average molecular weight is 231 g/mol. The van der Waals surface area contributed by atoms with E-state index in [1.54, 1.807) is 27.9 Å². The number of carboxylic acids is 1. The third kappa shape index (κ3) is 5.70. The third-order valence-electron chi connectivity index (χ3n) is 2.17. The van der Waals surface area contributed by atoms with Crippen molar-refractivity contribution in [1.82, 2.24) is 5.32 Å². The Morgan fingerprint density at radius 1 is 1.38 bits per heavy atom. The molecule has 0 aromatic rings. The lowest BCUT2D eigenvalue weighted by Gasteiger charge is -2.27. The van der Waals surface area contributed by atoms with Crippen molar-refractivity contribution in [3.63, 3.8) is 0 Å². The molecule has 16 heavy (non-hydrogen) atoms. The van der Waals surface area contributed by atoms with Crippen molar-refractivity contribution in [2.75, 3.05) is 13.7 Å². The van der Waals surface area contributed by atoms with Crippen LogP contribution in [-0.4, -0.2) is 36.7 Å². The minimum atomic E-state index is -1.01. The standard InChI is InChI=1S/C11H21NO4/c1-11(2,3)9(10(14)15)12-8(13)6-5-7-16-4/h9H,5-7H2,1-4H3,(H,12,13)(H,14,15)/t9-/m0/s1. The Morgan fingerprint density at radius 3 is 2.31 bits per heavy atom. The molecule has 5 heteroatoms. The molecule has 0 spiro atoms. The summed E-state index contributed by atoms with van der Waals surface area (Å²) in [6.07, 6.45) is 0.881. The number of carbonyl (C=O) groups is 2. The largest absolute Gasteiger partial charge is 0.480 e. The van der Waals surface area contributed by atoms with Gasteiger partial charge in [0.05, 0.1) is 0 Å². The van der Waals surface area contributed by atoms with E-state index in [0.717, 1.165) is 0 Å². The Balaban J connectivity index is 4.21. The van der Waals surface area contributed by atoms with Crippen LogP contribution in [-0.2, 0) is 14.3 Å². The highest BCUT2D eigenvalue weighted by molar-refractivity contribution is 5.84. The predicted octanol–water partition coefficient (Wildman–Crippen LogP) is 1.03. The normalized spacial score (nSPS) is 13.2. The third-order valence-corrected chi connectivity index (χ3v) is 2.17. The number of hydrogen-bond donors (Lipinski definition) is 2. The van der Waals surface area contributed by atoms with Gasteiger partial charge in [0.25, 0.3) is 0 Å². The topological polar surface area (TPSA) is 75.6 Å². The van der Waals surface area contributed by atoms with Gasteiger partial charge in [0.15, 0.2) is 0 Å². The first-order valence-electron chi connectivity index (χ1n) is 5.30. The summed E-state index contributed by atoms with van der Waals surface area (Å²) < 4.78 is 4.82. The van der Waals surface area contributed by atoms with E-state index in [0.29, 0.717) is 13.0 Å². The second kappa shape index (κ2) is 6.48. The van der Waals surface area contributed by atoms with E-state index >= 15 is 0 Å². The van der Waals surface area contributed by atoms with Crippen molar-refractivity contribution in [2.45, 2.75) is 39.7 Å². The maximum atomic E-state index is 11.4. The molecule has 0 heterocycles. The zero-order valence-electron chi connectivity index (χ0n) is 10.4. The van der Waals surface area contributed by atoms with Gasteiger partial charge >= 0.3 is 5.97 Å². The van der Waals surface area contributed by atoms with Crippen molar-refractivity contribution in [3.05, 3.63) is 0 Å². The van der Waals surface area contributed by atoms with Gasteiger partial charge in [0.2, 0.25) is 5.91 Å². The van der Waals surface area contributed by atoms with Crippen molar-refractivity contribution in [3.8, 4) is 0 Å². The highest BCUT2D eigenvalue weighted by Crippen LogP contribution is 2.19. The highest BCUT2D eigenvalue weighted by atomic mass is 16.5. The smallest absolute Gasteiger partial charge is 0.326 e. The maximum absolute atomic E-state index is 11.4. The zero-order valence-corrected chi connectivity index (χ0v) is 10.4. The number of hydrogen-bond acceptors (Lipinski definition) is 3. The summed E-state index contributed by atoms with van der Waals surface area (Å²) in [6, 6.07) is -0.859. The molecule has 0 rings (SSSR count). The van der Waals surface area contributed by atoms with Crippen LogP contribution in [0.4, 0.5) is 0 Å². The molecule has 0 saturated carbocycles. The molecule has 1 amide bonds. The van der Waals surface area contributed by atoms with E-state index in [9.17, 15) is 9.59 Å². The Morgan fingerprint density at radius 2 is 1.94 bits per heavy atom. The van der Waals surface area contributed by atoms with E-state index in [-0.39, 0.29) is 12.3 Å². The molecule has 2 N–H and O–H groups in total. The van der Waals surface area contributed by atoms with E-state index in [4.69, 9.17) is 9.84 Å². The van der Waals surface area contributed by atoms with Gasteiger partial charge in [-0.25, -0.2) is 4.79 Å². The van der Waals surface area contributed by atoms with Crippen molar-refractivity contribution < 1.29 is 19.4 Å². The summed E-state index contributed by atoms with van der Waals surface area (Å²) >= 11 is 0. The summed E-state index contributed by atoms with van der Waals surface area (Å²) in [5.74, 6) is -1.26. The van der Waals surface area contributed by atoms with Crippen LogP contribution in [0.3, 0.4) is 0 Å². The van der Waals surface area contributed by atoms with Crippen LogP contribution in [0.2, 0.25) is 0 Å². The molecule has 1 atom stereocenters. The van der Waals surface area contributed by atoms with E-state index < -0.39 is 17.4 Å². The van der Waals surface area contributed by atoms with E-state index in [1.165, 1.54) is 0 Å². The lowest BCUT2D eigenvalue weighted by atomic mass is 9.86. The Hall–Kier alpha value is -1.10. The maximum Gasteiger partial charge on any atom is 0.326 e. The molecule has 0 unspecified atom stereocenters. The first-order chi connectivity index (χ1) is 7.29. The molecule has 0 aliphatic carbocycles. The van der Waals surface area contributed by atoms with Gasteiger partial charge in [-0.1, -0.05) is 20.8 Å². The summed E-state index contributed by atoms with van der Waals surface area (Å²) in [4.78, 5) is 22.4. The van der Waals surface area contributed by atoms with Crippen molar-refractivity contribution >= 4 is 11.9 Å². The fourth-order valence-corrected chi connectivity index (χ4v) is 1.26. The zero-order chi connectivity index (χ0) is 12.8. The summed E-state index contributed by atoms with van der Waals surface area (Å²) in [7, 11) is 1.56. The fourth-order valence-electron chi connectivity index (χ4n) is 1.26. The van der Waals surface area contributed by atoms with Crippen LogP contribution < -0.4 is 5.32 Å². The molecule has 0 aromatic carbocycles. The first kappa shape index (κ1) is 14.9. The van der Waals surface area contributed by atoms with Gasteiger partial charge < -0.3 is 15.2 Å². The molecule has 0 aromatic heterocycles. The number of ether oxygens (including phenoxy) is 1. The number of aliphatic carboxylic acids is 1. The molecule has 0 aliphatic rings. The number of nitrogens with one attached hydrogen (secondary N) is 1. The van der Waals surface area contributed by atoms with Crippen LogP contribution in [0, 0.1) is 5.41 Å². The molecular weight excluding hydrogens is 210 g/mol. The van der Waals surface area contributed by atoms with Crippen LogP contribution >= 0.6 is 0 Å². The molecule has 5 nitrogen and oxygen atoms in total. The van der Waals surface area contributed by atoms with Crippen LogP contribution in [0.5, 0.6) is 0 Å². The monoisotopic (exact) mass is 231 g/mol. The number of carboxylic acid groups (broad SMARTS) is 1. The summed E-state index contributed by atoms with van der Waals surface area (Å²) in [5.41, 5.74) is -0.497. The lowest BCUT2D eigenvalue weighted by Crippen LogP contribution is -2.49. The van der Waals surface area contributed by atoms with E-state index in [2.05, 4.69) is 5.32 Å². The van der Waals surface area contributed by atoms with Gasteiger partial charge in [-0.05, 0) is 11.8 Å². The van der Waals surface area contributed by atoms with Crippen LogP contribution in [0.25, 0.3) is 0 Å². The predicted molar refractivity (Wildman–Crippen MR) is 60.1 cm³/mol. The lowest BCUT2D eigenvalue weighted by molar-refractivity contribution is -0.145. The quantitative estimate of drug-likeness (QED) is 0.669. The van der Waals surface area contributed by atoms with E-state index in [1.807, 2.05) is 0 Å². The molecular formula is C11H21NO4. The fraction of sp³-hybridized carbons (Fsp3) is 0.818. The summed E-state index contributed by atoms with van der Waals surface area (Å²) in [5, 5.41) is 11.5.